The lowest BCUT2D eigenvalue weighted by Gasteiger charge is -2.10. The second kappa shape index (κ2) is 5.65. The van der Waals surface area contributed by atoms with Crippen molar-refractivity contribution in [1.82, 2.24) is 0 Å². The van der Waals surface area contributed by atoms with E-state index >= 15 is 0 Å². The Morgan fingerprint density at radius 2 is 2.00 bits per heavy atom. The summed E-state index contributed by atoms with van der Waals surface area (Å²) in [5.74, 6) is -2.27. The zero-order valence-electron chi connectivity index (χ0n) is 8.00. The fraction of sp³-hybridized carbons (Fsp3) is 0.429. The Morgan fingerprint density at radius 1 is 1.47 bits per heavy atom. The molecule has 0 aliphatic rings. The van der Waals surface area contributed by atoms with Crippen LogP contribution in [0.15, 0.2) is 12.2 Å². The molecule has 7 nitrogen and oxygen atoms in total. The zero-order chi connectivity index (χ0) is 12.1. The van der Waals surface area contributed by atoms with Crippen LogP contribution in [0.25, 0.3) is 0 Å². The standard InChI is InChI=1S/C7H11O7P/c1-5(2)7(10)14-15(11,12)13-4-3-6(8)9/h1,3-4H2,2H3,(H,8,9)(H,11,12). The van der Waals surface area contributed by atoms with E-state index in [1.165, 1.54) is 6.92 Å². The van der Waals surface area contributed by atoms with Crippen molar-refractivity contribution in [2.45, 2.75) is 13.3 Å². The van der Waals surface area contributed by atoms with E-state index in [0.29, 0.717) is 0 Å². The number of carboxylic acids is 1. The van der Waals surface area contributed by atoms with Gasteiger partial charge in [0.2, 0.25) is 0 Å². The predicted molar refractivity (Wildman–Crippen MR) is 48.9 cm³/mol. The Labute approximate surface area is 85.9 Å². The molecule has 0 saturated carbocycles. The Balaban J connectivity index is 4.08. The van der Waals surface area contributed by atoms with Crippen LogP contribution in [-0.4, -0.2) is 28.5 Å². The third kappa shape index (κ3) is 6.84. The van der Waals surface area contributed by atoms with Gasteiger partial charge in [-0.2, -0.15) is 0 Å². The van der Waals surface area contributed by atoms with E-state index in [9.17, 15) is 14.2 Å². The van der Waals surface area contributed by atoms with E-state index < -0.39 is 32.8 Å². The molecule has 0 radical (unpaired) electrons. The fourth-order valence-corrected chi connectivity index (χ4v) is 1.20. The van der Waals surface area contributed by atoms with E-state index in [1.54, 1.807) is 0 Å². The summed E-state index contributed by atoms with van der Waals surface area (Å²) in [5, 5.41) is 8.21. The quantitative estimate of drug-likeness (QED) is 0.517. The molecule has 0 spiro atoms. The Morgan fingerprint density at radius 3 is 2.40 bits per heavy atom. The molecule has 0 amide bonds. The van der Waals surface area contributed by atoms with E-state index in [4.69, 9.17) is 10.00 Å². The third-order valence-corrected chi connectivity index (χ3v) is 2.02. The molecule has 0 aliphatic heterocycles. The number of carboxylic acid groups (broad SMARTS) is 1. The van der Waals surface area contributed by atoms with Crippen molar-refractivity contribution >= 4 is 19.8 Å². The van der Waals surface area contributed by atoms with Crippen LogP contribution in [0.2, 0.25) is 0 Å². The predicted octanol–water partition coefficient (Wildman–Crippen LogP) is 0.697. The van der Waals surface area contributed by atoms with Gasteiger partial charge in [0.05, 0.1) is 13.0 Å². The summed E-state index contributed by atoms with van der Waals surface area (Å²) < 4.78 is 19.2. The molecule has 1 unspecified atom stereocenters. The van der Waals surface area contributed by atoms with Gasteiger partial charge in [-0.25, -0.2) is 9.36 Å². The molecule has 8 heteroatoms. The highest BCUT2D eigenvalue weighted by Gasteiger charge is 2.26. The zero-order valence-corrected chi connectivity index (χ0v) is 8.90. The summed E-state index contributed by atoms with van der Waals surface area (Å²) >= 11 is 0. The molecule has 0 rings (SSSR count). The lowest BCUT2D eigenvalue weighted by Crippen LogP contribution is -2.07. The molecule has 0 aliphatic carbocycles. The molecule has 0 saturated heterocycles. The van der Waals surface area contributed by atoms with E-state index in [-0.39, 0.29) is 5.57 Å². The maximum absolute atomic E-state index is 11.0. The van der Waals surface area contributed by atoms with Gasteiger partial charge in [-0.15, -0.1) is 0 Å². The number of aliphatic carboxylic acids is 1. The number of carbonyl (C=O) groups excluding carboxylic acids is 1. The number of hydrogen-bond acceptors (Lipinski definition) is 5. The highest BCUT2D eigenvalue weighted by molar-refractivity contribution is 7.48. The highest BCUT2D eigenvalue weighted by Crippen LogP contribution is 2.43. The van der Waals surface area contributed by atoms with Crippen molar-refractivity contribution in [3.8, 4) is 0 Å². The summed E-state index contributed by atoms with van der Waals surface area (Å²) in [4.78, 5) is 29.8. The molecule has 2 N–H and O–H groups in total. The smallest absolute Gasteiger partial charge is 0.481 e. The number of phosphoric ester groups is 1. The fourth-order valence-electron chi connectivity index (χ4n) is 0.457. The number of carbonyl (C=O) groups is 2. The Hall–Kier alpha value is -1.17. The van der Waals surface area contributed by atoms with Crippen LogP contribution < -0.4 is 0 Å². The number of rotatable bonds is 6. The van der Waals surface area contributed by atoms with Gasteiger partial charge in [0.15, 0.2) is 0 Å². The van der Waals surface area contributed by atoms with Gasteiger partial charge in [0, 0.05) is 5.57 Å². The van der Waals surface area contributed by atoms with Gasteiger partial charge in [0.25, 0.3) is 0 Å². The minimum atomic E-state index is -4.53. The Bertz CT molecular complexity index is 321. The van der Waals surface area contributed by atoms with Crippen LogP contribution in [0.1, 0.15) is 13.3 Å². The summed E-state index contributed by atoms with van der Waals surface area (Å²) in [7, 11) is -4.53. The second-order valence-electron chi connectivity index (χ2n) is 2.60. The van der Waals surface area contributed by atoms with Crippen molar-refractivity contribution < 1.29 is 33.2 Å². The molecule has 0 bridgehead atoms. The van der Waals surface area contributed by atoms with E-state index in [1.807, 2.05) is 0 Å². The van der Waals surface area contributed by atoms with Crippen molar-refractivity contribution in [2.75, 3.05) is 6.61 Å². The van der Waals surface area contributed by atoms with Crippen molar-refractivity contribution in [3.05, 3.63) is 12.2 Å². The molecule has 0 aromatic rings. The van der Waals surface area contributed by atoms with Gasteiger partial charge in [-0.3, -0.25) is 14.2 Å². The van der Waals surface area contributed by atoms with Gasteiger partial charge in [-0.1, -0.05) is 6.58 Å². The van der Waals surface area contributed by atoms with Crippen LogP contribution in [0.5, 0.6) is 0 Å². The molecular formula is C7H11O7P. The maximum atomic E-state index is 11.0. The SMILES string of the molecule is C=C(C)C(=O)OP(=O)(O)OCCC(=O)O. The number of hydrogen-bond donors (Lipinski definition) is 2. The lowest BCUT2D eigenvalue weighted by molar-refractivity contribution is -0.137. The summed E-state index contributed by atoms with van der Waals surface area (Å²) in [5.41, 5.74) is -0.0638. The normalized spacial score (nSPS) is 14.0. The largest absolute Gasteiger partial charge is 0.529 e. The highest BCUT2D eigenvalue weighted by atomic mass is 31.2. The Kier molecular flexibility index (Phi) is 5.21. The third-order valence-electron chi connectivity index (χ3n) is 1.12. The monoisotopic (exact) mass is 238 g/mol. The molecule has 0 heterocycles. The first-order valence-electron chi connectivity index (χ1n) is 3.83. The van der Waals surface area contributed by atoms with Crippen LogP contribution in [-0.2, 0) is 23.2 Å². The number of phosphoric acid groups is 1. The topological polar surface area (TPSA) is 110 Å². The van der Waals surface area contributed by atoms with Crippen molar-refractivity contribution in [2.24, 2.45) is 0 Å². The molecule has 0 aromatic heterocycles. The summed E-state index contributed by atoms with van der Waals surface area (Å²) in [6, 6.07) is 0. The minimum Gasteiger partial charge on any atom is -0.481 e. The molecular weight excluding hydrogens is 227 g/mol. The summed E-state index contributed by atoms with van der Waals surface area (Å²) in [6.07, 6.45) is -0.463. The van der Waals surface area contributed by atoms with Crippen molar-refractivity contribution in [3.63, 3.8) is 0 Å². The van der Waals surface area contributed by atoms with Gasteiger partial charge >= 0.3 is 19.8 Å². The van der Waals surface area contributed by atoms with Gasteiger partial charge in [-0.05, 0) is 6.92 Å². The lowest BCUT2D eigenvalue weighted by atomic mass is 10.4. The summed E-state index contributed by atoms with van der Waals surface area (Å²) in [6.45, 7) is 3.96. The van der Waals surface area contributed by atoms with Gasteiger partial charge < -0.3 is 9.63 Å². The minimum absolute atomic E-state index is 0.0638. The van der Waals surface area contributed by atoms with Crippen LogP contribution in [0, 0.1) is 0 Å². The first-order valence-corrected chi connectivity index (χ1v) is 5.32. The van der Waals surface area contributed by atoms with Crippen molar-refractivity contribution in [1.29, 1.82) is 0 Å². The molecule has 1 atom stereocenters. The van der Waals surface area contributed by atoms with E-state index in [0.717, 1.165) is 0 Å². The van der Waals surface area contributed by atoms with Crippen LogP contribution in [0.4, 0.5) is 0 Å². The molecule has 86 valence electrons. The van der Waals surface area contributed by atoms with Crippen LogP contribution in [0.3, 0.4) is 0 Å². The van der Waals surface area contributed by atoms with Gasteiger partial charge in [0.1, 0.15) is 0 Å². The van der Waals surface area contributed by atoms with E-state index in [2.05, 4.69) is 15.6 Å². The average Bonchev–Trinajstić information content (AvgIpc) is 2.01. The van der Waals surface area contributed by atoms with Crippen LogP contribution >= 0.6 is 7.82 Å². The molecule has 0 fully saturated rings. The average molecular weight is 238 g/mol. The first kappa shape index (κ1) is 13.8. The molecule has 15 heavy (non-hydrogen) atoms. The molecule has 0 aromatic carbocycles. The second-order valence-corrected chi connectivity index (χ2v) is 3.98. The first-order chi connectivity index (χ1) is 6.74. The maximum Gasteiger partial charge on any atom is 0.529 e.